The van der Waals surface area contributed by atoms with Gasteiger partial charge in [-0.1, -0.05) is 26.3 Å². The molecular formula is C10H18O2. The highest BCUT2D eigenvalue weighted by Crippen LogP contribution is 2.10. The van der Waals surface area contributed by atoms with Crippen LogP contribution in [0.3, 0.4) is 0 Å². The molecule has 0 aliphatic rings. The van der Waals surface area contributed by atoms with E-state index in [2.05, 4.69) is 13.8 Å². The summed E-state index contributed by atoms with van der Waals surface area (Å²) in [4.78, 5) is 10.4. The number of rotatable bonds is 6. The van der Waals surface area contributed by atoms with E-state index in [1.54, 1.807) is 6.08 Å². The van der Waals surface area contributed by atoms with Crippen LogP contribution in [0.5, 0.6) is 0 Å². The van der Waals surface area contributed by atoms with Gasteiger partial charge in [0.15, 0.2) is 0 Å². The second kappa shape index (κ2) is 7.04. The van der Waals surface area contributed by atoms with Crippen molar-refractivity contribution in [3.05, 3.63) is 11.6 Å². The predicted molar refractivity (Wildman–Crippen MR) is 49.9 cm³/mol. The Kier molecular flexibility index (Phi) is 6.67. The molecule has 0 radical (unpaired) electrons. The van der Waals surface area contributed by atoms with Crippen molar-refractivity contribution in [2.45, 2.75) is 33.1 Å². The molecule has 2 heteroatoms. The van der Waals surface area contributed by atoms with Gasteiger partial charge in [0.2, 0.25) is 0 Å². The van der Waals surface area contributed by atoms with Gasteiger partial charge in [0, 0.05) is 0 Å². The predicted octanol–water partition coefficient (Wildman–Crippen LogP) is 1.93. The molecule has 0 rings (SSSR count). The van der Waals surface area contributed by atoms with E-state index in [0.29, 0.717) is 5.92 Å². The van der Waals surface area contributed by atoms with E-state index in [1.165, 1.54) is 0 Å². The molecule has 0 heterocycles. The van der Waals surface area contributed by atoms with Crippen molar-refractivity contribution in [2.24, 2.45) is 5.92 Å². The minimum Gasteiger partial charge on any atom is -0.392 e. The standard InChI is InChI=1S/C10H18O2/c1-9(2)4-3-5-10(8-12)6-7-11/h6,8-9,11H,3-5,7H2,1-2H3/b10-6-. The third kappa shape index (κ3) is 6.10. The Morgan fingerprint density at radius 1 is 1.50 bits per heavy atom. The van der Waals surface area contributed by atoms with Crippen LogP contribution >= 0.6 is 0 Å². The molecule has 0 aliphatic heterocycles. The molecule has 0 fully saturated rings. The Morgan fingerprint density at radius 3 is 2.58 bits per heavy atom. The lowest BCUT2D eigenvalue weighted by molar-refractivity contribution is -0.105. The Labute approximate surface area is 74.3 Å². The van der Waals surface area contributed by atoms with Crippen LogP contribution in [0.15, 0.2) is 11.6 Å². The van der Waals surface area contributed by atoms with E-state index in [-0.39, 0.29) is 6.61 Å². The number of hydrogen-bond acceptors (Lipinski definition) is 2. The quantitative estimate of drug-likeness (QED) is 0.488. The van der Waals surface area contributed by atoms with E-state index in [1.807, 2.05) is 0 Å². The molecule has 70 valence electrons. The first-order valence-corrected chi connectivity index (χ1v) is 4.45. The fourth-order valence-corrected chi connectivity index (χ4v) is 1.04. The first-order chi connectivity index (χ1) is 5.70. The summed E-state index contributed by atoms with van der Waals surface area (Å²) in [6, 6.07) is 0. The smallest absolute Gasteiger partial charge is 0.145 e. The van der Waals surface area contributed by atoms with Crippen molar-refractivity contribution in [2.75, 3.05) is 6.61 Å². The van der Waals surface area contributed by atoms with Crippen LogP contribution in [0.4, 0.5) is 0 Å². The summed E-state index contributed by atoms with van der Waals surface area (Å²) in [5, 5.41) is 8.54. The summed E-state index contributed by atoms with van der Waals surface area (Å²) in [5.41, 5.74) is 0.721. The average Bonchev–Trinajstić information content (AvgIpc) is 2.02. The summed E-state index contributed by atoms with van der Waals surface area (Å²) in [5.74, 6) is 0.687. The molecule has 0 bridgehead atoms. The number of aldehydes is 1. The van der Waals surface area contributed by atoms with Crippen LogP contribution in [0.25, 0.3) is 0 Å². The number of carbonyl (C=O) groups is 1. The highest BCUT2D eigenvalue weighted by molar-refractivity contribution is 5.72. The lowest BCUT2D eigenvalue weighted by Gasteiger charge is -2.03. The molecule has 12 heavy (non-hydrogen) atoms. The zero-order chi connectivity index (χ0) is 9.40. The largest absolute Gasteiger partial charge is 0.392 e. The van der Waals surface area contributed by atoms with Crippen LogP contribution in [-0.4, -0.2) is 18.0 Å². The topological polar surface area (TPSA) is 37.3 Å². The lowest BCUT2D eigenvalue weighted by atomic mass is 10.0. The van der Waals surface area contributed by atoms with E-state index in [9.17, 15) is 4.79 Å². The lowest BCUT2D eigenvalue weighted by Crippen LogP contribution is -1.91. The molecular weight excluding hydrogens is 152 g/mol. The van der Waals surface area contributed by atoms with Crippen LogP contribution in [-0.2, 0) is 4.79 Å². The number of aliphatic hydroxyl groups is 1. The first kappa shape index (κ1) is 11.4. The molecule has 0 atom stereocenters. The summed E-state index contributed by atoms with van der Waals surface area (Å²) >= 11 is 0. The summed E-state index contributed by atoms with van der Waals surface area (Å²) in [6.07, 6.45) is 5.37. The Hall–Kier alpha value is -0.630. The molecule has 0 spiro atoms. The van der Waals surface area contributed by atoms with E-state index in [0.717, 1.165) is 31.1 Å². The van der Waals surface area contributed by atoms with Gasteiger partial charge >= 0.3 is 0 Å². The zero-order valence-electron chi connectivity index (χ0n) is 7.92. The maximum absolute atomic E-state index is 10.4. The molecule has 1 N–H and O–H groups in total. The van der Waals surface area contributed by atoms with Gasteiger partial charge in [0.05, 0.1) is 6.61 Å². The molecule has 0 aromatic carbocycles. The SMILES string of the molecule is CC(C)CCC/C(C=O)=C/CO. The van der Waals surface area contributed by atoms with Crippen molar-refractivity contribution >= 4 is 6.29 Å². The van der Waals surface area contributed by atoms with E-state index < -0.39 is 0 Å². The van der Waals surface area contributed by atoms with E-state index in [4.69, 9.17) is 5.11 Å². The van der Waals surface area contributed by atoms with Gasteiger partial charge in [-0.15, -0.1) is 0 Å². The molecule has 0 amide bonds. The van der Waals surface area contributed by atoms with Gasteiger partial charge in [-0.05, 0) is 24.3 Å². The van der Waals surface area contributed by atoms with Gasteiger partial charge in [-0.2, -0.15) is 0 Å². The zero-order valence-corrected chi connectivity index (χ0v) is 7.92. The first-order valence-electron chi connectivity index (χ1n) is 4.45. The van der Waals surface area contributed by atoms with Gasteiger partial charge in [0.25, 0.3) is 0 Å². The summed E-state index contributed by atoms with van der Waals surface area (Å²) < 4.78 is 0. The molecule has 0 aromatic rings. The van der Waals surface area contributed by atoms with E-state index >= 15 is 0 Å². The van der Waals surface area contributed by atoms with Gasteiger partial charge in [-0.25, -0.2) is 0 Å². The monoisotopic (exact) mass is 170 g/mol. The minimum atomic E-state index is -0.0320. The fraction of sp³-hybridized carbons (Fsp3) is 0.700. The van der Waals surface area contributed by atoms with Gasteiger partial charge < -0.3 is 5.11 Å². The number of allylic oxidation sites excluding steroid dienone is 1. The summed E-state index contributed by atoms with van der Waals surface area (Å²) in [6.45, 7) is 4.29. The molecule has 0 saturated carbocycles. The normalized spacial score (nSPS) is 12.2. The third-order valence-electron chi connectivity index (χ3n) is 1.75. The highest BCUT2D eigenvalue weighted by atomic mass is 16.2. The Morgan fingerprint density at radius 2 is 2.17 bits per heavy atom. The summed E-state index contributed by atoms with van der Waals surface area (Å²) in [7, 11) is 0. The second-order valence-corrected chi connectivity index (χ2v) is 3.37. The van der Waals surface area contributed by atoms with Crippen molar-refractivity contribution in [3.63, 3.8) is 0 Å². The molecule has 2 nitrogen and oxygen atoms in total. The number of aliphatic hydroxyl groups excluding tert-OH is 1. The van der Waals surface area contributed by atoms with Gasteiger partial charge in [-0.3, -0.25) is 4.79 Å². The van der Waals surface area contributed by atoms with Crippen molar-refractivity contribution in [1.29, 1.82) is 0 Å². The number of carbonyl (C=O) groups excluding carboxylic acids is 1. The minimum absolute atomic E-state index is 0.0320. The van der Waals surface area contributed by atoms with Crippen LogP contribution in [0.1, 0.15) is 33.1 Å². The van der Waals surface area contributed by atoms with Crippen LogP contribution < -0.4 is 0 Å². The Bertz CT molecular complexity index is 148. The van der Waals surface area contributed by atoms with Crippen molar-refractivity contribution in [3.8, 4) is 0 Å². The Balaban J connectivity index is 3.59. The maximum atomic E-state index is 10.4. The van der Waals surface area contributed by atoms with Crippen LogP contribution in [0.2, 0.25) is 0 Å². The fourth-order valence-electron chi connectivity index (χ4n) is 1.04. The third-order valence-corrected chi connectivity index (χ3v) is 1.75. The van der Waals surface area contributed by atoms with Gasteiger partial charge in [0.1, 0.15) is 6.29 Å². The number of hydrogen-bond donors (Lipinski definition) is 1. The molecule has 0 aliphatic carbocycles. The second-order valence-electron chi connectivity index (χ2n) is 3.37. The van der Waals surface area contributed by atoms with Crippen LogP contribution in [0, 0.1) is 5.92 Å². The average molecular weight is 170 g/mol. The highest BCUT2D eigenvalue weighted by Gasteiger charge is 1.97. The molecule has 0 aromatic heterocycles. The van der Waals surface area contributed by atoms with Crippen molar-refractivity contribution in [1.82, 2.24) is 0 Å². The maximum Gasteiger partial charge on any atom is 0.145 e. The van der Waals surface area contributed by atoms with Crippen molar-refractivity contribution < 1.29 is 9.90 Å². The molecule has 0 unspecified atom stereocenters. The molecule has 0 saturated heterocycles.